The van der Waals surface area contributed by atoms with E-state index in [1.807, 2.05) is 0 Å². The van der Waals surface area contributed by atoms with Crippen LogP contribution in [0, 0.1) is 5.82 Å². The zero-order valence-electron chi connectivity index (χ0n) is 10.4. The smallest absolute Gasteiger partial charge is 0.187 e. The molecule has 0 amide bonds. The molecule has 2 N–H and O–H groups in total. The van der Waals surface area contributed by atoms with Gasteiger partial charge in [-0.15, -0.1) is 0 Å². The highest BCUT2D eigenvalue weighted by Crippen LogP contribution is 2.10. The average Bonchev–Trinajstić information content (AvgIpc) is 2.89. The topological polar surface area (TPSA) is 45.7 Å². The summed E-state index contributed by atoms with van der Waals surface area (Å²) in [5.74, 6) is -0.289. The summed E-state index contributed by atoms with van der Waals surface area (Å²) < 4.78 is 18.4. The van der Waals surface area contributed by atoms with Crippen molar-refractivity contribution in [3.63, 3.8) is 0 Å². The second-order valence-electron chi connectivity index (χ2n) is 4.27. The third-order valence-corrected chi connectivity index (χ3v) is 2.98. The Hall–Kier alpha value is -1.53. The van der Waals surface area contributed by atoms with Crippen LogP contribution in [0.2, 0.25) is 0 Å². The third kappa shape index (κ3) is 4.92. The van der Waals surface area contributed by atoms with Gasteiger partial charge in [-0.3, -0.25) is 5.43 Å². The Kier molecular flexibility index (Phi) is 5.23. The highest BCUT2D eigenvalue weighted by molar-refractivity contribution is 7.80. The molecule has 0 radical (unpaired) electrons. The van der Waals surface area contributed by atoms with E-state index < -0.39 is 0 Å². The van der Waals surface area contributed by atoms with Crippen LogP contribution in [0.5, 0.6) is 0 Å². The fourth-order valence-corrected chi connectivity index (χ4v) is 1.94. The fraction of sp³-hybridized carbons (Fsp3) is 0.385. The minimum Gasteiger partial charge on any atom is -0.376 e. The monoisotopic (exact) mass is 281 g/mol. The molecule has 1 heterocycles. The second-order valence-corrected chi connectivity index (χ2v) is 4.68. The highest BCUT2D eigenvalue weighted by atomic mass is 32.1. The van der Waals surface area contributed by atoms with E-state index in [4.69, 9.17) is 17.0 Å². The van der Waals surface area contributed by atoms with E-state index in [9.17, 15) is 4.39 Å². The van der Waals surface area contributed by atoms with E-state index >= 15 is 0 Å². The molecule has 0 aromatic heterocycles. The molecule has 1 aliphatic rings. The SMILES string of the molecule is Fc1cccc(C=NNC(=S)NCC2CCCO2)c1. The first kappa shape index (κ1) is 13.9. The number of hydrazone groups is 1. The summed E-state index contributed by atoms with van der Waals surface area (Å²) in [6.07, 6.45) is 3.90. The van der Waals surface area contributed by atoms with Crippen LogP contribution in [0.15, 0.2) is 29.4 Å². The number of benzene rings is 1. The first-order chi connectivity index (χ1) is 9.24. The first-order valence-electron chi connectivity index (χ1n) is 6.18. The van der Waals surface area contributed by atoms with Gasteiger partial charge in [0.2, 0.25) is 0 Å². The summed E-state index contributed by atoms with van der Waals surface area (Å²) in [5.41, 5.74) is 3.36. The van der Waals surface area contributed by atoms with Crippen molar-refractivity contribution in [2.24, 2.45) is 5.10 Å². The van der Waals surface area contributed by atoms with E-state index in [0.29, 0.717) is 17.2 Å². The van der Waals surface area contributed by atoms with Gasteiger partial charge in [0.15, 0.2) is 5.11 Å². The normalized spacial score (nSPS) is 18.7. The van der Waals surface area contributed by atoms with Gasteiger partial charge in [0.25, 0.3) is 0 Å². The molecule has 1 aromatic rings. The minimum absolute atomic E-state index is 0.229. The van der Waals surface area contributed by atoms with Crippen molar-refractivity contribution in [2.75, 3.05) is 13.2 Å². The number of halogens is 1. The average molecular weight is 281 g/mol. The lowest BCUT2D eigenvalue weighted by Crippen LogP contribution is -2.37. The largest absolute Gasteiger partial charge is 0.376 e. The van der Waals surface area contributed by atoms with Crippen molar-refractivity contribution in [1.82, 2.24) is 10.7 Å². The van der Waals surface area contributed by atoms with Crippen molar-refractivity contribution in [3.8, 4) is 0 Å². The Bertz CT molecular complexity index is 461. The molecule has 1 atom stereocenters. The molecule has 6 heteroatoms. The summed E-state index contributed by atoms with van der Waals surface area (Å²) in [5, 5.41) is 7.40. The lowest BCUT2D eigenvalue weighted by molar-refractivity contribution is 0.114. The van der Waals surface area contributed by atoms with Crippen molar-refractivity contribution in [3.05, 3.63) is 35.6 Å². The molecule has 19 heavy (non-hydrogen) atoms. The van der Waals surface area contributed by atoms with Crippen LogP contribution in [0.1, 0.15) is 18.4 Å². The lowest BCUT2D eigenvalue weighted by atomic mass is 10.2. The zero-order chi connectivity index (χ0) is 13.5. The third-order valence-electron chi connectivity index (χ3n) is 2.74. The van der Waals surface area contributed by atoms with E-state index in [1.54, 1.807) is 12.1 Å². The number of nitrogens with zero attached hydrogens (tertiary/aromatic N) is 1. The standard InChI is InChI=1S/C13H16FN3OS/c14-11-4-1-3-10(7-11)8-16-17-13(19)15-9-12-5-2-6-18-12/h1,3-4,7-8,12H,2,5-6,9H2,(H2,15,17,19). The van der Waals surface area contributed by atoms with Gasteiger partial charge in [0.1, 0.15) is 5.82 Å². The lowest BCUT2D eigenvalue weighted by Gasteiger charge is -2.11. The minimum atomic E-state index is -0.289. The molecule has 1 unspecified atom stereocenters. The van der Waals surface area contributed by atoms with Gasteiger partial charge in [-0.05, 0) is 42.8 Å². The fourth-order valence-electron chi connectivity index (χ4n) is 1.80. The van der Waals surface area contributed by atoms with Gasteiger partial charge in [-0.1, -0.05) is 12.1 Å². The summed E-state index contributed by atoms with van der Waals surface area (Å²) in [6.45, 7) is 1.51. The molecule has 1 fully saturated rings. The number of thiocarbonyl (C=S) groups is 1. The van der Waals surface area contributed by atoms with Crippen LogP contribution in [0.25, 0.3) is 0 Å². The van der Waals surface area contributed by atoms with Crippen molar-refractivity contribution < 1.29 is 9.13 Å². The van der Waals surface area contributed by atoms with Crippen LogP contribution >= 0.6 is 12.2 Å². The molecule has 0 aliphatic carbocycles. The van der Waals surface area contributed by atoms with Crippen LogP contribution in [-0.2, 0) is 4.74 Å². The predicted molar refractivity (Wildman–Crippen MR) is 76.7 cm³/mol. The summed E-state index contributed by atoms with van der Waals surface area (Å²) in [6, 6.07) is 6.17. The maximum atomic E-state index is 12.9. The van der Waals surface area contributed by atoms with Gasteiger partial charge in [-0.25, -0.2) is 4.39 Å². The van der Waals surface area contributed by atoms with E-state index in [-0.39, 0.29) is 11.9 Å². The Morgan fingerprint density at radius 1 is 1.58 bits per heavy atom. The van der Waals surface area contributed by atoms with Crippen molar-refractivity contribution in [1.29, 1.82) is 0 Å². The molecule has 0 saturated carbocycles. The first-order valence-corrected chi connectivity index (χ1v) is 6.59. The van der Waals surface area contributed by atoms with Crippen LogP contribution < -0.4 is 10.7 Å². The van der Waals surface area contributed by atoms with E-state index in [1.165, 1.54) is 18.3 Å². The molecular weight excluding hydrogens is 265 g/mol. The Morgan fingerprint density at radius 3 is 3.21 bits per heavy atom. The molecule has 1 saturated heterocycles. The van der Waals surface area contributed by atoms with Gasteiger partial charge in [0.05, 0.1) is 12.3 Å². The molecular formula is C13H16FN3OS. The number of hydrogen-bond donors (Lipinski definition) is 2. The summed E-state index contributed by atoms with van der Waals surface area (Å²) >= 11 is 5.06. The van der Waals surface area contributed by atoms with E-state index in [0.717, 1.165) is 19.4 Å². The molecule has 0 spiro atoms. The predicted octanol–water partition coefficient (Wildman–Crippen LogP) is 1.80. The molecule has 2 rings (SSSR count). The molecule has 102 valence electrons. The summed E-state index contributed by atoms with van der Waals surface area (Å²) in [4.78, 5) is 0. The molecule has 4 nitrogen and oxygen atoms in total. The van der Waals surface area contributed by atoms with Gasteiger partial charge < -0.3 is 10.1 Å². The van der Waals surface area contributed by atoms with Crippen molar-refractivity contribution in [2.45, 2.75) is 18.9 Å². The van der Waals surface area contributed by atoms with Gasteiger partial charge in [-0.2, -0.15) is 5.10 Å². The number of hydrogen-bond acceptors (Lipinski definition) is 3. The number of rotatable bonds is 4. The van der Waals surface area contributed by atoms with Crippen molar-refractivity contribution >= 4 is 23.5 Å². The number of nitrogens with one attached hydrogen (secondary N) is 2. The van der Waals surface area contributed by atoms with E-state index in [2.05, 4.69) is 15.8 Å². The maximum Gasteiger partial charge on any atom is 0.187 e. The maximum absolute atomic E-state index is 12.9. The Morgan fingerprint density at radius 2 is 2.47 bits per heavy atom. The van der Waals surface area contributed by atoms with Gasteiger partial charge >= 0.3 is 0 Å². The second kappa shape index (κ2) is 7.16. The summed E-state index contributed by atoms with van der Waals surface area (Å²) in [7, 11) is 0. The van der Waals surface area contributed by atoms with Crippen LogP contribution in [0.3, 0.4) is 0 Å². The van der Waals surface area contributed by atoms with Gasteiger partial charge in [0, 0.05) is 13.2 Å². The molecule has 0 bridgehead atoms. The van der Waals surface area contributed by atoms with Crippen LogP contribution in [-0.4, -0.2) is 30.6 Å². The van der Waals surface area contributed by atoms with Crippen LogP contribution in [0.4, 0.5) is 4.39 Å². The Labute approximate surface area is 117 Å². The Balaban J connectivity index is 1.70. The highest BCUT2D eigenvalue weighted by Gasteiger charge is 2.14. The molecule has 1 aromatic carbocycles. The molecule has 1 aliphatic heterocycles. The quantitative estimate of drug-likeness (QED) is 0.502. The zero-order valence-corrected chi connectivity index (χ0v) is 11.3. The number of ether oxygens (including phenoxy) is 1.